The third-order valence-electron chi connectivity index (χ3n) is 13.2. The molecular formula is C33H48O3. The molecule has 4 aliphatic carbocycles. The van der Waals surface area contributed by atoms with Crippen LogP contribution in [0, 0.1) is 52.3 Å². The van der Waals surface area contributed by atoms with Gasteiger partial charge in [0.1, 0.15) is 0 Å². The van der Waals surface area contributed by atoms with E-state index in [9.17, 15) is 5.11 Å². The van der Waals surface area contributed by atoms with E-state index in [4.69, 9.17) is 9.47 Å². The van der Waals surface area contributed by atoms with Gasteiger partial charge in [-0.15, -0.1) is 0 Å². The quantitative estimate of drug-likeness (QED) is 0.451. The van der Waals surface area contributed by atoms with Crippen LogP contribution < -0.4 is 0 Å². The molecule has 3 heteroatoms. The molecule has 6 fully saturated rings. The first-order chi connectivity index (χ1) is 17.3. The molecule has 0 amide bonds. The van der Waals surface area contributed by atoms with E-state index in [-0.39, 0.29) is 17.3 Å². The third-order valence-corrected chi connectivity index (χ3v) is 13.2. The Balaban J connectivity index is 1.13. The lowest BCUT2D eigenvalue weighted by molar-refractivity contribution is -0.273. The second-order valence-corrected chi connectivity index (χ2v) is 14.7. The Bertz CT molecular complexity index is 968. The van der Waals surface area contributed by atoms with Gasteiger partial charge in [-0.2, -0.15) is 0 Å². The Morgan fingerprint density at radius 2 is 1.61 bits per heavy atom. The number of rotatable bonds is 1. The highest BCUT2D eigenvalue weighted by Crippen LogP contribution is 2.71. The summed E-state index contributed by atoms with van der Waals surface area (Å²) in [5.41, 5.74) is 2.09. The molecule has 6 aliphatic rings. The van der Waals surface area contributed by atoms with E-state index < -0.39 is 0 Å². The van der Waals surface area contributed by atoms with Crippen molar-refractivity contribution in [1.82, 2.24) is 0 Å². The molecule has 1 aromatic carbocycles. The first-order valence-electron chi connectivity index (χ1n) is 15.3. The first kappa shape index (κ1) is 24.2. The molecule has 1 N–H and O–H groups in total. The molecule has 3 unspecified atom stereocenters. The molecule has 0 radical (unpaired) electrons. The average molecular weight is 493 g/mol. The van der Waals surface area contributed by atoms with Crippen LogP contribution in [0.5, 0.6) is 0 Å². The lowest BCUT2D eigenvalue weighted by Crippen LogP contribution is -2.58. The molecule has 7 rings (SSSR count). The fourth-order valence-corrected chi connectivity index (χ4v) is 11.3. The van der Waals surface area contributed by atoms with Crippen LogP contribution in [0.4, 0.5) is 0 Å². The summed E-state index contributed by atoms with van der Waals surface area (Å²) < 4.78 is 13.5. The molecule has 1 spiro atoms. The Morgan fingerprint density at radius 3 is 2.36 bits per heavy atom. The summed E-state index contributed by atoms with van der Waals surface area (Å²) in [7, 11) is 0. The van der Waals surface area contributed by atoms with E-state index in [2.05, 4.69) is 58.0 Å². The zero-order valence-corrected chi connectivity index (χ0v) is 23.0. The summed E-state index contributed by atoms with van der Waals surface area (Å²) in [5.74, 6) is 4.55. The van der Waals surface area contributed by atoms with Gasteiger partial charge in [0.2, 0.25) is 0 Å². The normalized spacial score (nSPS) is 56.0. The lowest BCUT2D eigenvalue weighted by Gasteiger charge is -2.62. The molecule has 4 saturated carbocycles. The highest BCUT2D eigenvalue weighted by molar-refractivity contribution is 5.23. The van der Waals surface area contributed by atoms with Crippen LogP contribution in [0.15, 0.2) is 30.3 Å². The van der Waals surface area contributed by atoms with Gasteiger partial charge in [0.25, 0.3) is 0 Å². The summed E-state index contributed by atoms with van der Waals surface area (Å²) >= 11 is 0. The van der Waals surface area contributed by atoms with Crippen LogP contribution in [-0.4, -0.2) is 29.7 Å². The molecule has 1 aromatic rings. The van der Waals surface area contributed by atoms with Gasteiger partial charge in [0.05, 0.1) is 18.8 Å². The van der Waals surface area contributed by atoms with Gasteiger partial charge in [-0.1, -0.05) is 58.0 Å². The topological polar surface area (TPSA) is 38.7 Å². The molecule has 2 aliphatic heterocycles. The third kappa shape index (κ3) is 3.27. The van der Waals surface area contributed by atoms with Crippen molar-refractivity contribution in [2.45, 2.75) is 109 Å². The summed E-state index contributed by atoms with van der Waals surface area (Å²) in [6.45, 7) is 10.8. The van der Waals surface area contributed by atoms with Gasteiger partial charge in [0.15, 0.2) is 5.79 Å². The van der Waals surface area contributed by atoms with Crippen LogP contribution in [0.25, 0.3) is 0 Å². The van der Waals surface area contributed by atoms with Crippen LogP contribution >= 0.6 is 0 Å². The Morgan fingerprint density at radius 1 is 0.833 bits per heavy atom. The van der Waals surface area contributed by atoms with Gasteiger partial charge in [0, 0.05) is 12.3 Å². The molecule has 2 heterocycles. The second kappa shape index (κ2) is 8.30. The maximum absolute atomic E-state index is 11.7. The fourth-order valence-electron chi connectivity index (χ4n) is 11.3. The SMILES string of the molecule is CC1CC[C@@]2(OC1)O[C@H]1C[C@H]3[C@@H]4CC(O)C5C[C@@H](c6ccccc6)CC[C@]5(C)[C@H]4CC[C@]3(C)[C@H]1[C@@H]2C. The van der Waals surface area contributed by atoms with E-state index in [0.717, 1.165) is 31.8 Å². The Kier molecular flexibility index (Phi) is 5.57. The second-order valence-electron chi connectivity index (χ2n) is 14.7. The van der Waals surface area contributed by atoms with Crippen molar-refractivity contribution in [3.05, 3.63) is 35.9 Å². The van der Waals surface area contributed by atoms with Crippen LogP contribution in [0.1, 0.15) is 97.0 Å². The zero-order chi connectivity index (χ0) is 24.9. The van der Waals surface area contributed by atoms with Crippen molar-refractivity contribution in [1.29, 1.82) is 0 Å². The zero-order valence-electron chi connectivity index (χ0n) is 23.0. The Labute approximate surface area is 218 Å². The minimum Gasteiger partial charge on any atom is -0.393 e. The first-order valence-corrected chi connectivity index (χ1v) is 15.3. The van der Waals surface area contributed by atoms with Crippen molar-refractivity contribution in [2.75, 3.05) is 6.61 Å². The Hall–Kier alpha value is -0.900. The van der Waals surface area contributed by atoms with E-state index >= 15 is 0 Å². The maximum Gasteiger partial charge on any atom is 0.171 e. The molecule has 13 atom stereocenters. The predicted octanol–water partition coefficient (Wildman–Crippen LogP) is 7.19. The highest BCUT2D eigenvalue weighted by atomic mass is 16.7. The number of aliphatic hydroxyl groups is 1. The van der Waals surface area contributed by atoms with Crippen molar-refractivity contribution >= 4 is 0 Å². The van der Waals surface area contributed by atoms with Crippen LogP contribution in [0.2, 0.25) is 0 Å². The summed E-state index contributed by atoms with van der Waals surface area (Å²) in [6.07, 6.45) is 11.1. The average Bonchev–Trinajstić information content (AvgIpc) is 3.32. The largest absolute Gasteiger partial charge is 0.393 e. The smallest absolute Gasteiger partial charge is 0.171 e. The van der Waals surface area contributed by atoms with Crippen molar-refractivity contribution in [3.63, 3.8) is 0 Å². The summed E-state index contributed by atoms with van der Waals surface area (Å²) in [5, 5.41) is 11.7. The summed E-state index contributed by atoms with van der Waals surface area (Å²) in [4.78, 5) is 0. The number of fused-ring (bicyclic) bond motifs is 7. The standard InChI is InChI=1S/C33H48O3/c1-20-10-15-33(35-19-20)21(2)30-29(36-33)18-26-24-17-28(34)27-16-23(22-8-6-5-7-9-22)11-13-31(27,3)25(24)12-14-32(26,30)4/h5-9,20-21,23-30,34H,10-19H2,1-4H3/t20?,21-,23-,24+,25-,26-,27?,28?,29-,30-,31+,32-,33+/m0/s1. The van der Waals surface area contributed by atoms with Gasteiger partial charge < -0.3 is 14.6 Å². The van der Waals surface area contributed by atoms with Crippen LogP contribution in [0.3, 0.4) is 0 Å². The monoisotopic (exact) mass is 492 g/mol. The molecule has 0 aromatic heterocycles. The van der Waals surface area contributed by atoms with E-state index in [1.807, 2.05) is 0 Å². The van der Waals surface area contributed by atoms with Crippen LogP contribution in [-0.2, 0) is 9.47 Å². The van der Waals surface area contributed by atoms with Gasteiger partial charge >= 0.3 is 0 Å². The van der Waals surface area contributed by atoms with Crippen molar-refractivity contribution < 1.29 is 14.6 Å². The molecule has 198 valence electrons. The van der Waals surface area contributed by atoms with Gasteiger partial charge in [-0.25, -0.2) is 0 Å². The molecule has 2 saturated heterocycles. The minimum absolute atomic E-state index is 0.154. The number of ether oxygens (including phenoxy) is 2. The highest BCUT2D eigenvalue weighted by Gasteiger charge is 2.69. The van der Waals surface area contributed by atoms with Crippen molar-refractivity contribution in [2.24, 2.45) is 52.3 Å². The summed E-state index contributed by atoms with van der Waals surface area (Å²) in [6, 6.07) is 11.1. The lowest BCUT2D eigenvalue weighted by atomic mass is 9.43. The number of hydrogen-bond acceptors (Lipinski definition) is 3. The fraction of sp³-hybridized carbons (Fsp3) is 0.818. The van der Waals surface area contributed by atoms with E-state index in [0.29, 0.717) is 52.9 Å². The number of aliphatic hydroxyl groups excluding tert-OH is 1. The molecule has 0 bridgehead atoms. The van der Waals surface area contributed by atoms with Crippen molar-refractivity contribution in [3.8, 4) is 0 Å². The minimum atomic E-state index is -0.328. The van der Waals surface area contributed by atoms with E-state index in [1.165, 1.54) is 44.1 Å². The molecular weight excluding hydrogens is 444 g/mol. The van der Waals surface area contributed by atoms with Gasteiger partial charge in [-0.3, -0.25) is 0 Å². The molecule has 3 nitrogen and oxygen atoms in total. The van der Waals surface area contributed by atoms with E-state index in [1.54, 1.807) is 0 Å². The predicted molar refractivity (Wildman–Crippen MR) is 142 cm³/mol. The number of hydrogen-bond donors (Lipinski definition) is 1. The maximum atomic E-state index is 11.7. The molecule has 36 heavy (non-hydrogen) atoms. The van der Waals surface area contributed by atoms with Gasteiger partial charge in [-0.05, 0) is 109 Å². The number of benzene rings is 1.